The predicted molar refractivity (Wildman–Crippen MR) is 70.5 cm³/mol. The van der Waals surface area contributed by atoms with Gasteiger partial charge in [-0.3, -0.25) is 0 Å². The fraction of sp³-hybridized carbons (Fsp3) is 1.00. The second-order valence-corrected chi connectivity index (χ2v) is 6.63. The van der Waals surface area contributed by atoms with E-state index >= 15 is 0 Å². The first kappa shape index (κ1) is 12.4. The third kappa shape index (κ3) is 3.00. The summed E-state index contributed by atoms with van der Waals surface area (Å²) in [6.07, 6.45) is 10.5. The maximum absolute atomic E-state index is 3.50. The van der Waals surface area contributed by atoms with Gasteiger partial charge in [0.25, 0.3) is 0 Å². The van der Waals surface area contributed by atoms with Gasteiger partial charge in [-0.25, -0.2) is 0 Å². The Balaban J connectivity index is 1.70. The van der Waals surface area contributed by atoms with E-state index in [0.717, 1.165) is 29.7 Å². The van der Waals surface area contributed by atoms with Crippen LogP contribution < -0.4 is 5.32 Å². The van der Waals surface area contributed by atoms with Crippen molar-refractivity contribution in [3.8, 4) is 0 Å². The molecule has 2 aliphatic carbocycles. The molecule has 2 bridgehead atoms. The summed E-state index contributed by atoms with van der Waals surface area (Å²) >= 11 is 0. The van der Waals surface area contributed by atoms with Gasteiger partial charge < -0.3 is 5.32 Å². The van der Waals surface area contributed by atoms with E-state index in [0.29, 0.717) is 0 Å². The molecule has 1 N–H and O–H groups in total. The van der Waals surface area contributed by atoms with Gasteiger partial charge in [-0.15, -0.1) is 0 Å². The summed E-state index contributed by atoms with van der Waals surface area (Å²) in [5, 5.41) is 3.50. The number of hydrogen-bond donors (Lipinski definition) is 1. The Hall–Kier alpha value is -0.0400. The summed E-state index contributed by atoms with van der Waals surface area (Å²) in [6, 6.07) is 0.763. The van der Waals surface area contributed by atoms with Crippen molar-refractivity contribution in [1.82, 2.24) is 5.32 Å². The maximum Gasteiger partial charge on any atom is 0.00666 e. The van der Waals surface area contributed by atoms with E-state index in [1.165, 1.54) is 19.3 Å². The molecule has 94 valence electrons. The Morgan fingerprint density at radius 1 is 1.19 bits per heavy atom. The van der Waals surface area contributed by atoms with Crippen LogP contribution in [0.5, 0.6) is 0 Å². The van der Waals surface area contributed by atoms with E-state index in [1.807, 2.05) is 0 Å². The van der Waals surface area contributed by atoms with Gasteiger partial charge in [0.1, 0.15) is 0 Å². The van der Waals surface area contributed by atoms with Crippen LogP contribution in [-0.2, 0) is 0 Å². The Morgan fingerprint density at radius 3 is 2.50 bits per heavy atom. The first-order valence-corrected chi connectivity index (χ1v) is 7.36. The lowest BCUT2D eigenvalue weighted by atomic mass is 9.84. The normalized spacial score (nSPS) is 34.9. The largest absolute Gasteiger partial charge is 0.317 e. The zero-order valence-corrected chi connectivity index (χ0v) is 11.3. The average Bonchev–Trinajstić information content (AvgIpc) is 2.85. The van der Waals surface area contributed by atoms with Crippen LogP contribution in [0.15, 0.2) is 0 Å². The zero-order chi connectivity index (χ0) is 11.5. The van der Waals surface area contributed by atoms with Gasteiger partial charge in [0.2, 0.25) is 0 Å². The SMILES string of the molecule is CNC(CCC1CC2CCC1C2)CC(C)C. The third-order valence-corrected chi connectivity index (χ3v) is 4.93. The van der Waals surface area contributed by atoms with E-state index in [2.05, 4.69) is 26.2 Å². The fourth-order valence-corrected chi connectivity index (χ4v) is 4.09. The van der Waals surface area contributed by atoms with Gasteiger partial charge in [0.15, 0.2) is 0 Å². The van der Waals surface area contributed by atoms with Crippen LogP contribution in [0.1, 0.15) is 58.8 Å². The van der Waals surface area contributed by atoms with Crippen LogP contribution >= 0.6 is 0 Å². The van der Waals surface area contributed by atoms with E-state index in [9.17, 15) is 0 Å². The van der Waals surface area contributed by atoms with Crippen molar-refractivity contribution in [2.75, 3.05) is 7.05 Å². The van der Waals surface area contributed by atoms with Crippen LogP contribution in [0.4, 0.5) is 0 Å². The van der Waals surface area contributed by atoms with Crippen molar-refractivity contribution >= 4 is 0 Å². The summed E-state index contributed by atoms with van der Waals surface area (Å²) in [6.45, 7) is 4.67. The summed E-state index contributed by atoms with van der Waals surface area (Å²) < 4.78 is 0. The van der Waals surface area contributed by atoms with E-state index < -0.39 is 0 Å². The Morgan fingerprint density at radius 2 is 2.00 bits per heavy atom. The Labute approximate surface area is 101 Å². The number of nitrogens with one attached hydrogen (secondary N) is 1. The van der Waals surface area contributed by atoms with Crippen molar-refractivity contribution in [1.29, 1.82) is 0 Å². The average molecular weight is 223 g/mol. The molecule has 4 atom stereocenters. The summed E-state index contributed by atoms with van der Waals surface area (Å²) in [4.78, 5) is 0. The molecule has 2 fully saturated rings. The van der Waals surface area contributed by atoms with E-state index in [1.54, 1.807) is 25.7 Å². The molecule has 2 rings (SSSR count). The predicted octanol–water partition coefficient (Wildman–Crippen LogP) is 3.84. The molecule has 0 aromatic rings. The van der Waals surface area contributed by atoms with Crippen LogP contribution in [0, 0.1) is 23.7 Å². The second kappa shape index (κ2) is 5.53. The third-order valence-electron chi connectivity index (χ3n) is 4.93. The summed E-state index contributed by atoms with van der Waals surface area (Å²) in [5.74, 6) is 4.15. The monoisotopic (exact) mass is 223 g/mol. The minimum Gasteiger partial charge on any atom is -0.317 e. The molecular formula is C15H29N. The minimum absolute atomic E-state index is 0.763. The standard InChI is InChI=1S/C15H29N/c1-11(2)8-15(16-3)7-6-14-10-12-4-5-13(14)9-12/h11-16H,4-10H2,1-3H3. The van der Waals surface area contributed by atoms with Crippen molar-refractivity contribution < 1.29 is 0 Å². The lowest BCUT2D eigenvalue weighted by Crippen LogP contribution is -2.28. The molecule has 0 amide bonds. The minimum atomic E-state index is 0.763. The number of hydrogen-bond acceptors (Lipinski definition) is 1. The molecule has 0 heterocycles. The molecule has 0 aromatic carbocycles. The first-order chi connectivity index (χ1) is 7.69. The highest BCUT2D eigenvalue weighted by Gasteiger charge is 2.38. The summed E-state index contributed by atoms with van der Waals surface area (Å²) in [7, 11) is 2.13. The van der Waals surface area contributed by atoms with Gasteiger partial charge >= 0.3 is 0 Å². The van der Waals surface area contributed by atoms with Crippen LogP contribution in [0.2, 0.25) is 0 Å². The topological polar surface area (TPSA) is 12.0 Å². The molecule has 0 aromatic heterocycles. The number of rotatable bonds is 6. The molecule has 1 heteroatoms. The highest BCUT2D eigenvalue weighted by Crippen LogP contribution is 2.50. The van der Waals surface area contributed by atoms with Crippen molar-refractivity contribution in [3.05, 3.63) is 0 Å². The zero-order valence-electron chi connectivity index (χ0n) is 11.3. The van der Waals surface area contributed by atoms with Crippen molar-refractivity contribution in [2.24, 2.45) is 23.7 Å². The first-order valence-electron chi connectivity index (χ1n) is 7.36. The summed E-state index contributed by atoms with van der Waals surface area (Å²) in [5.41, 5.74) is 0. The Bertz CT molecular complexity index is 211. The lowest BCUT2D eigenvalue weighted by Gasteiger charge is -2.25. The quantitative estimate of drug-likeness (QED) is 0.721. The lowest BCUT2D eigenvalue weighted by molar-refractivity contribution is 0.286. The molecule has 16 heavy (non-hydrogen) atoms. The van der Waals surface area contributed by atoms with Gasteiger partial charge in [-0.05, 0) is 69.2 Å². The molecular weight excluding hydrogens is 194 g/mol. The highest BCUT2D eigenvalue weighted by atomic mass is 14.9. The van der Waals surface area contributed by atoms with Gasteiger partial charge in [-0.1, -0.05) is 20.3 Å². The van der Waals surface area contributed by atoms with Crippen LogP contribution in [-0.4, -0.2) is 13.1 Å². The molecule has 2 aliphatic rings. The van der Waals surface area contributed by atoms with Gasteiger partial charge in [-0.2, -0.15) is 0 Å². The van der Waals surface area contributed by atoms with E-state index in [-0.39, 0.29) is 0 Å². The fourth-order valence-electron chi connectivity index (χ4n) is 4.09. The highest BCUT2D eigenvalue weighted by molar-refractivity contribution is 4.90. The van der Waals surface area contributed by atoms with Crippen molar-refractivity contribution in [2.45, 2.75) is 64.8 Å². The van der Waals surface area contributed by atoms with Crippen molar-refractivity contribution in [3.63, 3.8) is 0 Å². The molecule has 0 radical (unpaired) electrons. The second-order valence-electron chi connectivity index (χ2n) is 6.63. The molecule has 2 saturated carbocycles. The van der Waals surface area contributed by atoms with Crippen LogP contribution in [0.3, 0.4) is 0 Å². The molecule has 0 spiro atoms. The smallest absolute Gasteiger partial charge is 0.00666 e. The Kier molecular flexibility index (Phi) is 4.29. The maximum atomic E-state index is 3.50. The van der Waals surface area contributed by atoms with E-state index in [4.69, 9.17) is 0 Å². The molecule has 4 unspecified atom stereocenters. The number of fused-ring (bicyclic) bond motifs is 2. The van der Waals surface area contributed by atoms with Gasteiger partial charge in [0, 0.05) is 6.04 Å². The van der Waals surface area contributed by atoms with Gasteiger partial charge in [0.05, 0.1) is 0 Å². The molecule has 1 nitrogen and oxygen atoms in total. The van der Waals surface area contributed by atoms with Crippen LogP contribution in [0.25, 0.3) is 0 Å². The molecule has 0 saturated heterocycles. The molecule has 0 aliphatic heterocycles.